The van der Waals surface area contributed by atoms with E-state index in [0.29, 0.717) is 24.9 Å². The van der Waals surface area contributed by atoms with Crippen LogP contribution >= 0.6 is 0 Å². The van der Waals surface area contributed by atoms with E-state index in [0.717, 1.165) is 12.8 Å². The molecule has 4 nitrogen and oxygen atoms in total. The molecule has 1 heterocycles. The van der Waals surface area contributed by atoms with Crippen LogP contribution in [0.2, 0.25) is 0 Å². The molecule has 1 saturated carbocycles. The third kappa shape index (κ3) is 1.74. The van der Waals surface area contributed by atoms with Gasteiger partial charge in [-0.05, 0) is 30.1 Å². The molecule has 1 aliphatic heterocycles. The molecule has 2 aliphatic carbocycles. The summed E-state index contributed by atoms with van der Waals surface area (Å²) in [7, 11) is 0. The summed E-state index contributed by atoms with van der Waals surface area (Å²) in [6, 6.07) is 0. The largest absolute Gasteiger partial charge is 0.365 e. The topological polar surface area (TPSA) is 58.9 Å². The molecule has 0 bridgehead atoms. The molecule has 0 unspecified atom stereocenters. The van der Waals surface area contributed by atoms with Crippen LogP contribution in [0.1, 0.15) is 40.0 Å². The van der Waals surface area contributed by atoms with Gasteiger partial charge < -0.3 is 9.84 Å². The van der Waals surface area contributed by atoms with Crippen LogP contribution in [0, 0.1) is 23.2 Å². The molecule has 1 saturated heterocycles. The highest BCUT2D eigenvalue weighted by Gasteiger charge is 2.61. The molecule has 3 aliphatic rings. The Kier molecular flexibility index (Phi) is 3.06. The molecule has 0 aromatic carbocycles. The van der Waals surface area contributed by atoms with Crippen LogP contribution in [-0.2, 0) is 9.62 Å². The van der Waals surface area contributed by atoms with E-state index in [4.69, 9.17) is 9.99 Å². The van der Waals surface area contributed by atoms with Crippen molar-refractivity contribution in [1.29, 1.82) is 0 Å². The smallest absolute Gasteiger partial charge is 0.169 e. The standard InChI is InChI=1S/C15H24O4/c1-9-8-18-15(16)5-4-11-7-12(19-17)6-10(2)14(11,3)13(9)15/h7,9-10,12-13,16-17H,4-6,8H2,1-3H3/t9-,10+,12+,13-,14-,15+/m1/s1. The van der Waals surface area contributed by atoms with Crippen molar-refractivity contribution in [3.05, 3.63) is 11.6 Å². The van der Waals surface area contributed by atoms with E-state index in [9.17, 15) is 5.11 Å². The molecule has 2 N–H and O–H groups in total. The summed E-state index contributed by atoms with van der Waals surface area (Å²) in [4.78, 5) is 4.55. The van der Waals surface area contributed by atoms with Crippen LogP contribution in [-0.4, -0.2) is 28.9 Å². The summed E-state index contributed by atoms with van der Waals surface area (Å²) < 4.78 is 5.72. The van der Waals surface area contributed by atoms with Crippen molar-refractivity contribution in [3.63, 3.8) is 0 Å². The van der Waals surface area contributed by atoms with Crippen molar-refractivity contribution in [1.82, 2.24) is 0 Å². The lowest BCUT2D eigenvalue weighted by atomic mass is 9.52. The van der Waals surface area contributed by atoms with Crippen LogP contribution in [0.25, 0.3) is 0 Å². The van der Waals surface area contributed by atoms with Crippen molar-refractivity contribution >= 4 is 0 Å². The quantitative estimate of drug-likeness (QED) is 0.436. The van der Waals surface area contributed by atoms with Gasteiger partial charge in [0.15, 0.2) is 5.79 Å². The van der Waals surface area contributed by atoms with Gasteiger partial charge in [-0.1, -0.05) is 32.4 Å². The van der Waals surface area contributed by atoms with Crippen molar-refractivity contribution in [3.8, 4) is 0 Å². The molecule has 2 fully saturated rings. The minimum absolute atomic E-state index is 0.0576. The number of hydrogen-bond acceptors (Lipinski definition) is 4. The summed E-state index contributed by atoms with van der Waals surface area (Å²) >= 11 is 0. The minimum Gasteiger partial charge on any atom is -0.365 e. The summed E-state index contributed by atoms with van der Waals surface area (Å²) in [6.45, 7) is 7.24. The predicted molar refractivity (Wildman–Crippen MR) is 70.3 cm³/mol. The molecule has 0 aromatic rings. The Morgan fingerprint density at radius 3 is 2.84 bits per heavy atom. The summed E-state index contributed by atoms with van der Waals surface area (Å²) in [6.07, 6.45) is 4.11. The average Bonchev–Trinajstić information content (AvgIpc) is 2.68. The zero-order valence-corrected chi connectivity index (χ0v) is 11.9. The molecule has 108 valence electrons. The first-order valence-electron chi connectivity index (χ1n) is 7.29. The fraction of sp³-hybridized carbons (Fsp3) is 0.867. The number of rotatable bonds is 1. The highest BCUT2D eigenvalue weighted by atomic mass is 17.1. The van der Waals surface area contributed by atoms with Crippen LogP contribution in [0.3, 0.4) is 0 Å². The predicted octanol–water partition coefficient (Wildman–Crippen LogP) is 2.58. The molecule has 0 spiro atoms. The van der Waals surface area contributed by atoms with Gasteiger partial charge in [0, 0.05) is 12.3 Å². The monoisotopic (exact) mass is 268 g/mol. The number of hydrogen-bond donors (Lipinski definition) is 2. The zero-order chi connectivity index (χ0) is 13.8. The second kappa shape index (κ2) is 4.29. The molecule has 4 heteroatoms. The average molecular weight is 268 g/mol. The Bertz CT molecular complexity index is 407. The summed E-state index contributed by atoms with van der Waals surface area (Å²) in [5.74, 6) is -0.125. The lowest BCUT2D eigenvalue weighted by Gasteiger charge is -2.54. The van der Waals surface area contributed by atoms with Gasteiger partial charge in [0.2, 0.25) is 0 Å². The maximum atomic E-state index is 10.8. The Balaban J connectivity index is 2.04. The molecule has 0 radical (unpaired) electrons. The van der Waals surface area contributed by atoms with Gasteiger partial charge in [-0.25, -0.2) is 4.89 Å². The highest BCUT2D eigenvalue weighted by Crippen LogP contribution is 2.61. The third-order valence-corrected chi connectivity index (χ3v) is 5.87. The minimum atomic E-state index is -0.966. The fourth-order valence-corrected chi connectivity index (χ4v) is 4.82. The first kappa shape index (κ1) is 13.6. The van der Waals surface area contributed by atoms with E-state index < -0.39 is 5.79 Å². The van der Waals surface area contributed by atoms with Gasteiger partial charge in [0.1, 0.15) is 6.10 Å². The normalized spacial score (nSPS) is 53.4. The van der Waals surface area contributed by atoms with Gasteiger partial charge in [-0.15, -0.1) is 0 Å². The van der Waals surface area contributed by atoms with E-state index in [1.165, 1.54) is 5.57 Å². The Hall–Kier alpha value is -0.420. The Morgan fingerprint density at radius 1 is 1.42 bits per heavy atom. The van der Waals surface area contributed by atoms with Crippen LogP contribution < -0.4 is 0 Å². The second-order valence-electron chi connectivity index (χ2n) is 6.87. The molecule has 6 atom stereocenters. The van der Waals surface area contributed by atoms with Gasteiger partial charge in [0.25, 0.3) is 0 Å². The van der Waals surface area contributed by atoms with Crippen molar-refractivity contribution < 1.29 is 20.0 Å². The van der Waals surface area contributed by atoms with E-state index >= 15 is 0 Å². The zero-order valence-electron chi connectivity index (χ0n) is 11.9. The van der Waals surface area contributed by atoms with Crippen molar-refractivity contribution in [2.24, 2.45) is 23.2 Å². The maximum Gasteiger partial charge on any atom is 0.169 e. The van der Waals surface area contributed by atoms with E-state index in [-0.39, 0.29) is 17.4 Å². The van der Waals surface area contributed by atoms with Gasteiger partial charge in [-0.2, -0.15) is 0 Å². The molecule has 0 amide bonds. The van der Waals surface area contributed by atoms with E-state index in [1.807, 2.05) is 0 Å². The summed E-state index contributed by atoms with van der Waals surface area (Å²) in [5, 5.41) is 19.8. The first-order valence-corrected chi connectivity index (χ1v) is 7.29. The Labute approximate surface area is 114 Å². The molecule has 3 rings (SSSR count). The van der Waals surface area contributed by atoms with Gasteiger partial charge in [0.05, 0.1) is 6.61 Å². The van der Waals surface area contributed by atoms with Crippen LogP contribution in [0.4, 0.5) is 0 Å². The number of ether oxygens (including phenoxy) is 1. The van der Waals surface area contributed by atoms with Crippen molar-refractivity contribution in [2.75, 3.05) is 6.61 Å². The second-order valence-corrected chi connectivity index (χ2v) is 6.87. The van der Waals surface area contributed by atoms with E-state index in [1.54, 1.807) is 0 Å². The molecule has 19 heavy (non-hydrogen) atoms. The van der Waals surface area contributed by atoms with Crippen molar-refractivity contribution in [2.45, 2.75) is 51.9 Å². The number of fused-ring (bicyclic) bond motifs is 3. The first-order chi connectivity index (χ1) is 8.91. The molecule has 0 aromatic heterocycles. The van der Waals surface area contributed by atoms with Gasteiger partial charge in [-0.3, -0.25) is 5.26 Å². The van der Waals surface area contributed by atoms with Gasteiger partial charge >= 0.3 is 0 Å². The number of aliphatic hydroxyl groups is 1. The molecular weight excluding hydrogens is 244 g/mol. The lowest BCUT2D eigenvalue weighted by Crippen LogP contribution is -2.55. The highest BCUT2D eigenvalue weighted by molar-refractivity contribution is 5.27. The third-order valence-electron chi connectivity index (χ3n) is 5.87. The molecular formula is C15H24O4. The van der Waals surface area contributed by atoms with Crippen LogP contribution in [0.5, 0.6) is 0 Å². The number of allylic oxidation sites excluding steroid dienone is 1. The summed E-state index contributed by atoms with van der Waals surface area (Å²) in [5.41, 5.74) is 1.26. The maximum absolute atomic E-state index is 10.8. The van der Waals surface area contributed by atoms with Crippen LogP contribution in [0.15, 0.2) is 11.6 Å². The fourth-order valence-electron chi connectivity index (χ4n) is 4.82. The SMILES string of the molecule is C[C@@H]1CO[C@@]2(O)CCC3=C[C@@H](OO)C[C@H](C)[C@@]3(C)[C@@H]12. The van der Waals surface area contributed by atoms with E-state index in [2.05, 4.69) is 31.7 Å². The Morgan fingerprint density at radius 2 is 2.16 bits per heavy atom. The lowest BCUT2D eigenvalue weighted by molar-refractivity contribution is -0.277.